The zero-order valence-electron chi connectivity index (χ0n) is 12.5. The third kappa shape index (κ3) is 2.16. The fraction of sp³-hybridized carbons (Fsp3) is 0.562. The molecule has 0 amide bonds. The standard InChI is InChI=1S/C16H22N4O/c1-2-21-14-5-3-4-13-15(14)18-16(17)20(13)12-8-9-19(10-12)11-6-7-11/h3-5,11-12H,2,6-10H2,1H3,(H2,17,18). The Balaban J connectivity index is 1.71. The Morgan fingerprint density at radius 3 is 2.90 bits per heavy atom. The number of fused-ring (bicyclic) bond motifs is 1. The van der Waals surface area contributed by atoms with Crippen molar-refractivity contribution < 1.29 is 4.74 Å². The largest absolute Gasteiger partial charge is 0.492 e. The maximum absolute atomic E-state index is 6.21. The summed E-state index contributed by atoms with van der Waals surface area (Å²) in [5.41, 5.74) is 8.20. The van der Waals surface area contributed by atoms with E-state index in [0.717, 1.165) is 35.8 Å². The fourth-order valence-corrected chi connectivity index (χ4v) is 3.52. The minimum Gasteiger partial charge on any atom is -0.492 e. The Labute approximate surface area is 124 Å². The van der Waals surface area contributed by atoms with E-state index < -0.39 is 0 Å². The Morgan fingerprint density at radius 2 is 2.14 bits per heavy atom. The van der Waals surface area contributed by atoms with Crippen molar-refractivity contribution in [3.63, 3.8) is 0 Å². The van der Waals surface area contributed by atoms with Gasteiger partial charge >= 0.3 is 0 Å². The molecule has 21 heavy (non-hydrogen) atoms. The van der Waals surface area contributed by atoms with Crippen LogP contribution in [0.3, 0.4) is 0 Å². The summed E-state index contributed by atoms with van der Waals surface area (Å²) in [6, 6.07) is 7.35. The molecule has 1 saturated carbocycles. The van der Waals surface area contributed by atoms with Crippen LogP contribution in [0.2, 0.25) is 0 Å². The molecule has 1 aromatic carbocycles. The monoisotopic (exact) mass is 286 g/mol. The van der Waals surface area contributed by atoms with E-state index in [2.05, 4.69) is 20.5 Å². The summed E-state index contributed by atoms with van der Waals surface area (Å²) in [5.74, 6) is 1.44. The van der Waals surface area contributed by atoms with Crippen molar-refractivity contribution in [2.75, 3.05) is 25.4 Å². The molecule has 2 aliphatic rings. The molecule has 2 N–H and O–H groups in total. The molecule has 2 heterocycles. The third-order valence-corrected chi connectivity index (χ3v) is 4.63. The Kier molecular flexibility index (Phi) is 3.03. The SMILES string of the molecule is CCOc1cccc2c1nc(N)n2C1CCN(C2CC2)C1. The molecule has 0 bridgehead atoms. The molecule has 1 aliphatic carbocycles. The van der Waals surface area contributed by atoms with Crippen LogP contribution in [-0.2, 0) is 0 Å². The van der Waals surface area contributed by atoms with E-state index >= 15 is 0 Å². The highest BCUT2D eigenvalue weighted by molar-refractivity contribution is 5.84. The molecular weight excluding hydrogens is 264 g/mol. The second-order valence-electron chi connectivity index (χ2n) is 6.07. The highest BCUT2D eigenvalue weighted by Gasteiger charge is 2.36. The molecule has 1 aromatic heterocycles. The number of hydrogen-bond acceptors (Lipinski definition) is 4. The molecule has 5 heteroatoms. The number of imidazole rings is 1. The summed E-state index contributed by atoms with van der Waals surface area (Å²) >= 11 is 0. The summed E-state index contributed by atoms with van der Waals surface area (Å²) in [6.07, 6.45) is 3.88. The number of anilines is 1. The molecule has 112 valence electrons. The van der Waals surface area contributed by atoms with Crippen molar-refractivity contribution in [1.29, 1.82) is 0 Å². The van der Waals surface area contributed by atoms with E-state index in [9.17, 15) is 0 Å². The first kappa shape index (κ1) is 13.0. The number of aromatic nitrogens is 2. The maximum atomic E-state index is 6.21. The van der Waals surface area contributed by atoms with Crippen molar-refractivity contribution in [2.45, 2.75) is 38.3 Å². The quantitative estimate of drug-likeness (QED) is 0.938. The number of ether oxygens (including phenoxy) is 1. The van der Waals surface area contributed by atoms with Crippen molar-refractivity contribution in [3.8, 4) is 5.75 Å². The van der Waals surface area contributed by atoms with Gasteiger partial charge in [0.15, 0.2) is 0 Å². The molecule has 2 aromatic rings. The number of likely N-dealkylation sites (tertiary alicyclic amines) is 1. The van der Waals surface area contributed by atoms with E-state index in [1.807, 2.05) is 19.1 Å². The number of hydrogen-bond donors (Lipinski definition) is 1. The number of nitrogens with zero attached hydrogens (tertiary/aromatic N) is 3. The smallest absolute Gasteiger partial charge is 0.201 e. The number of rotatable bonds is 4. The van der Waals surface area contributed by atoms with Gasteiger partial charge < -0.3 is 15.0 Å². The van der Waals surface area contributed by atoms with Crippen molar-refractivity contribution in [2.24, 2.45) is 0 Å². The lowest BCUT2D eigenvalue weighted by Gasteiger charge is -2.17. The zero-order valence-corrected chi connectivity index (χ0v) is 12.5. The molecule has 1 saturated heterocycles. The van der Waals surface area contributed by atoms with Gasteiger partial charge in [-0.25, -0.2) is 4.98 Å². The van der Waals surface area contributed by atoms with Gasteiger partial charge in [0.25, 0.3) is 0 Å². The number of para-hydroxylation sites is 1. The van der Waals surface area contributed by atoms with Crippen LogP contribution < -0.4 is 10.5 Å². The summed E-state index contributed by atoms with van der Waals surface area (Å²) in [6.45, 7) is 4.91. The first-order valence-electron chi connectivity index (χ1n) is 7.91. The van der Waals surface area contributed by atoms with Crippen LogP contribution in [0.25, 0.3) is 11.0 Å². The van der Waals surface area contributed by atoms with Crippen molar-refractivity contribution in [3.05, 3.63) is 18.2 Å². The van der Waals surface area contributed by atoms with E-state index in [-0.39, 0.29) is 0 Å². The van der Waals surface area contributed by atoms with Gasteiger partial charge in [0.2, 0.25) is 5.95 Å². The van der Waals surface area contributed by atoms with Crippen LogP contribution >= 0.6 is 0 Å². The highest BCUT2D eigenvalue weighted by atomic mass is 16.5. The fourth-order valence-electron chi connectivity index (χ4n) is 3.52. The van der Waals surface area contributed by atoms with Gasteiger partial charge in [0.05, 0.1) is 18.2 Å². The molecule has 0 spiro atoms. The summed E-state index contributed by atoms with van der Waals surface area (Å²) < 4.78 is 7.89. The average molecular weight is 286 g/mol. The number of nitrogen functional groups attached to an aromatic ring is 1. The van der Waals surface area contributed by atoms with Gasteiger partial charge in [0.1, 0.15) is 11.3 Å². The van der Waals surface area contributed by atoms with Gasteiger partial charge in [-0.15, -0.1) is 0 Å². The number of nitrogens with two attached hydrogens (primary N) is 1. The lowest BCUT2D eigenvalue weighted by atomic mass is 10.2. The normalized spacial score (nSPS) is 23.0. The molecule has 2 fully saturated rings. The van der Waals surface area contributed by atoms with Crippen LogP contribution in [0.15, 0.2) is 18.2 Å². The minimum absolute atomic E-state index is 0.437. The lowest BCUT2D eigenvalue weighted by molar-refractivity contribution is 0.315. The Hall–Kier alpha value is -1.75. The average Bonchev–Trinajstić information content (AvgIpc) is 3.11. The molecule has 4 rings (SSSR count). The zero-order chi connectivity index (χ0) is 14.4. The molecule has 5 nitrogen and oxygen atoms in total. The minimum atomic E-state index is 0.437. The summed E-state index contributed by atoms with van der Waals surface area (Å²) in [7, 11) is 0. The predicted molar refractivity (Wildman–Crippen MR) is 83.6 cm³/mol. The highest BCUT2D eigenvalue weighted by Crippen LogP contribution is 2.37. The van der Waals surface area contributed by atoms with Crippen LogP contribution in [-0.4, -0.2) is 40.2 Å². The van der Waals surface area contributed by atoms with Gasteiger partial charge in [-0.3, -0.25) is 4.90 Å². The van der Waals surface area contributed by atoms with Gasteiger partial charge in [-0.05, 0) is 38.3 Å². The second-order valence-corrected chi connectivity index (χ2v) is 6.07. The molecule has 1 aliphatic heterocycles. The Bertz CT molecular complexity index is 662. The predicted octanol–water partition coefficient (Wildman–Crippen LogP) is 2.43. The Morgan fingerprint density at radius 1 is 1.29 bits per heavy atom. The van der Waals surface area contributed by atoms with Gasteiger partial charge in [-0.1, -0.05) is 6.07 Å². The van der Waals surface area contributed by atoms with Crippen LogP contribution in [0.5, 0.6) is 5.75 Å². The summed E-state index contributed by atoms with van der Waals surface area (Å²) in [5, 5.41) is 0. The van der Waals surface area contributed by atoms with E-state index in [0.29, 0.717) is 18.6 Å². The van der Waals surface area contributed by atoms with Crippen LogP contribution in [0.1, 0.15) is 32.2 Å². The number of benzene rings is 1. The van der Waals surface area contributed by atoms with Crippen molar-refractivity contribution in [1.82, 2.24) is 14.5 Å². The van der Waals surface area contributed by atoms with Crippen LogP contribution in [0, 0.1) is 0 Å². The molecule has 1 atom stereocenters. The summed E-state index contributed by atoms with van der Waals surface area (Å²) in [4.78, 5) is 7.16. The van der Waals surface area contributed by atoms with Gasteiger partial charge in [-0.2, -0.15) is 0 Å². The topological polar surface area (TPSA) is 56.3 Å². The molecular formula is C16H22N4O. The van der Waals surface area contributed by atoms with E-state index in [4.69, 9.17) is 10.5 Å². The third-order valence-electron chi connectivity index (χ3n) is 4.63. The lowest BCUT2D eigenvalue weighted by Crippen LogP contribution is -2.24. The maximum Gasteiger partial charge on any atom is 0.201 e. The molecule has 1 unspecified atom stereocenters. The van der Waals surface area contributed by atoms with Crippen molar-refractivity contribution >= 4 is 17.0 Å². The second kappa shape index (κ2) is 4.91. The van der Waals surface area contributed by atoms with E-state index in [1.165, 1.54) is 19.4 Å². The first-order valence-corrected chi connectivity index (χ1v) is 7.91. The van der Waals surface area contributed by atoms with Gasteiger partial charge in [0, 0.05) is 19.1 Å². The first-order chi connectivity index (χ1) is 10.3. The molecule has 0 radical (unpaired) electrons. The van der Waals surface area contributed by atoms with E-state index in [1.54, 1.807) is 0 Å². The van der Waals surface area contributed by atoms with Crippen LogP contribution in [0.4, 0.5) is 5.95 Å².